The van der Waals surface area contributed by atoms with Gasteiger partial charge in [0.1, 0.15) is 11.5 Å². The molecule has 1 atom stereocenters. The van der Waals surface area contributed by atoms with Gasteiger partial charge in [0, 0.05) is 11.9 Å². The molecule has 0 saturated heterocycles. The first-order valence-electron chi connectivity index (χ1n) is 8.11. The van der Waals surface area contributed by atoms with Crippen LogP contribution in [0.3, 0.4) is 0 Å². The lowest BCUT2D eigenvalue weighted by molar-refractivity contribution is -0.119. The summed E-state index contributed by atoms with van der Waals surface area (Å²) in [5.41, 5.74) is 6.23. The number of nitrogens with one attached hydrogen (secondary N) is 1. The molecular weight excluding hydrogens is 352 g/mol. The minimum Gasteiger partial charge on any atom is -0.457 e. The second-order valence-corrected chi connectivity index (χ2v) is 9.22. The van der Waals surface area contributed by atoms with Crippen LogP contribution in [0.5, 0.6) is 11.5 Å². The van der Waals surface area contributed by atoms with Gasteiger partial charge in [-0.1, -0.05) is 20.8 Å². The number of amides is 1. The van der Waals surface area contributed by atoms with E-state index in [9.17, 15) is 13.2 Å². The van der Waals surface area contributed by atoms with Crippen LogP contribution in [0.2, 0.25) is 0 Å². The van der Waals surface area contributed by atoms with Crippen LogP contribution >= 0.6 is 0 Å². The van der Waals surface area contributed by atoms with Crippen molar-refractivity contribution in [1.82, 2.24) is 0 Å². The van der Waals surface area contributed by atoms with Crippen molar-refractivity contribution in [1.29, 1.82) is 0 Å². The standard InChI is InChI=1S/C19H24N2O4S/c1-19(2,3)17(20)18(22)21-13-5-7-14(8-6-13)25-15-9-11-16(12-10-15)26(4,23)24/h5-12,17H,20H2,1-4H3,(H,21,22)/t17-/m1/s1. The molecule has 26 heavy (non-hydrogen) atoms. The first-order valence-corrected chi connectivity index (χ1v) is 10.0. The van der Waals surface area contributed by atoms with E-state index >= 15 is 0 Å². The summed E-state index contributed by atoms with van der Waals surface area (Å²) >= 11 is 0. The number of anilines is 1. The van der Waals surface area contributed by atoms with Crippen molar-refractivity contribution < 1.29 is 17.9 Å². The number of hydrogen-bond donors (Lipinski definition) is 2. The second-order valence-electron chi connectivity index (χ2n) is 7.20. The van der Waals surface area contributed by atoms with Crippen LogP contribution in [0.1, 0.15) is 20.8 Å². The van der Waals surface area contributed by atoms with Gasteiger partial charge in [-0.3, -0.25) is 4.79 Å². The molecule has 0 aliphatic carbocycles. The average molecular weight is 376 g/mol. The van der Waals surface area contributed by atoms with Crippen molar-refractivity contribution in [2.75, 3.05) is 11.6 Å². The van der Waals surface area contributed by atoms with Crippen LogP contribution in [0.15, 0.2) is 53.4 Å². The van der Waals surface area contributed by atoms with Crippen LogP contribution in [0.25, 0.3) is 0 Å². The normalized spacial score (nSPS) is 13.1. The summed E-state index contributed by atoms with van der Waals surface area (Å²) in [6, 6.07) is 12.4. The van der Waals surface area contributed by atoms with Gasteiger partial charge in [0.15, 0.2) is 9.84 Å². The van der Waals surface area contributed by atoms with E-state index in [1.165, 1.54) is 12.1 Å². The highest BCUT2D eigenvalue weighted by Crippen LogP contribution is 2.25. The molecule has 6 nitrogen and oxygen atoms in total. The fourth-order valence-electron chi connectivity index (χ4n) is 2.11. The predicted molar refractivity (Wildman–Crippen MR) is 102 cm³/mol. The molecule has 0 aliphatic heterocycles. The Morgan fingerprint density at radius 1 is 1.00 bits per heavy atom. The summed E-state index contributed by atoms with van der Waals surface area (Å²) in [5.74, 6) is 0.835. The highest BCUT2D eigenvalue weighted by Gasteiger charge is 2.27. The smallest absolute Gasteiger partial charge is 0.241 e. The van der Waals surface area contributed by atoms with Crippen molar-refractivity contribution in [2.24, 2.45) is 11.1 Å². The highest BCUT2D eigenvalue weighted by molar-refractivity contribution is 7.90. The van der Waals surface area contributed by atoms with E-state index in [-0.39, 0.29) is 16.2 Å². The third kappa shape index (κ3) is 5.31. The largest absolute Gasteiger partial charge is 0.457 e. The summed E-state index contributed by atoms with van der Waals surface area (Å²) in [7, 11) is -3.23. The van der Waals surface area contributed by atoms with Gasteiger partial charge in [-0.2, -0.15) is 0 Å². The molecule has 0 radical (unpaired) electrons. The van der Waals surface area contributed by atoms with Gasteiger partial charge in [0.05, 0.1) is 10.9 Å². The van der Waals surface area contributed by atoms with Gasteiger partial charge in [0.2, 0.25) is 5.91 Å². The monoisotopic (exact) mass is 376 g/mol. The molecule has 0 spiro atoms. The topological polar surface area (TPSA) is 98.5 Å². The molecule has 0 fully saturated rings. The number of rotatable bonds is 5. The number of nitrogens with two attached hydrogens (primary N) is 1. The molecule has 0 bridgehead atoms. The summed E-state index contributed by atoms with van der Waals surface area (Å²) in [6.45, 7) is 5.72. The molecule has 0 aliphatic rings. The number of carbonyl (C=O) groups is 1. The van der Waals surface area contributed by atoms with Crippen molar-refractivity contribution >= 4 is 21.4 Å². The Balaban J connectivity index is 2.02. The van der Waals surface area contributed by atoms with Gasteiger partial charge < -0.3 is 15.8 Å². The molecule has 1 amide bonds. The van der Waals surface area contributed by atoms with Gasteiger partial charge in [0.25, 0.3) is 0 Å². The first kappa shape index (κ1) is 19.9. The van der Waals surface area contributed by atoms with Crippen molar-refractivity contribution in [3.63, 3.8) is 0 Å². The average Bonchev–Trinajstić information content (AvgIpc) is 2.54. The number of hydrogen-bond acceptors (Lipinski definition) is 5. The Bertz CT molecular complexity index is 867. The van der Waals surface area contributed by atoms with Gasteiger partial charge in [-0.15, -0.1) is 0 Å². The van der Waals surface area contributed by atoms with Gasteiger partial charge in [-0.05, 0) is 53.9 Å². The van der Waals surface area contributed by atoms with Crippen LogP contribution < -0.4 is 15.8 Å². The zero-order valence-electron chi connectivity index (χ0n) is 15.3. The van der Waals surface area contributed by atoms with Crippen LogP contribution in [-0.2, 0) is 14.6 Å². The molecule has 0 heterocycles. The number of sulfone groups is 1. The Kier molecular flexibility index (Phi) is 5.73. The van der Waals surface area contributed by atoms with Crippen molar-refractivity contribution in [3.8, 4) is 11.5 Å². The van der Waals surface area contributed by atoms with E-state index in [1.54, 1.807) is 36.4 Å². The lowest BCUT2D eigenvalue weighted by Gasteiger charge is -2.25. The summed E-state index contributed by atoms with van der Waals surface area (Å²) < 4.78 is 28.6. The summed E-state index contributed by atoms with van der Waals surface area (Å²) in [6.07, 6.45) is 1.15. The fourth-order valence-corrected chi connectivity index (χ4v) is 2.74. The zero-order chi connectivity index (χ0) is 19.5. The number of ether oxygens (including phenoxy) is 1. The van der Waals surface area contributed by atoms with E-state index in [4.69, 9.17) is 10.5 Å². The van der Waals surface area contributed by atoms with E-state index < -0.39 is 15.9 Å². The third-order valence-corrected chi connectivity index (χ3v) is 4.95. The van der Waals surface area contributed by atoms with E-state index in [0.29, 0.717) is 17.2 Å². The maximum atomic E-state index is 12.1. The van der Waals surface area contributed by atoms with E-state index in [0.717, 1.165) is 6.26 Å². The first-order chi connectivity index (χ1) is 12.0. The number of carbonyl (C=O) groups excluding carboxylic acids is 1. The highest BCUT2D eigenvalue weighted by atomic mass is 32.2. The lowest BCUT2D eigenvalue weighted by Crippen LogP contribution is -2.45. The SMILES string of the molecule is CC(C)(C)[C@H](N)C(=O)Nc1ccc(Oc2ccc(S(C)(=O)=O)cc2)cc1. The molecule has 2 rings (SSSR count). The zero-order valence-corrected chi connectivity index (χ0v) is 16.1. The van der Waals surface area contributed by atoms with E-state index in [1.807, 2.05) is 20.8 Å². The van der Waals surface area contributed by atoms with Crippen LogP contribution in [-0.4, -0.2) is 26.6 Å². The Morgan fingerprint density at radius 2 is 1.46 bits per heavy atom. The molecule has 2 aromatic rings. The molecule has 0 aromatic heterocycles. The second kappa shape index (κ2) is 7.47. The Morgan fingerprint density at radius 3 is 1.88 bits per heavy atom. The molecule has 0 saturated carbocycles. The van der Waals surface area contributed by atoms with Crippen LogP contribution in [0.4, 0.5) is 5.69 Å². The van der Waals surface area contributed by atoms with Gasteiger partial charge in [-0.25, -0.2) is 8.42 Å². The Hall–Kier alpha value is -2.38. The minimum absolute atomic E-state index is 0.234. The molecular formula is C19H24N2O4S. The minimum atomic E-state index is -3.23. The molecule has 2 aromatic carbocycles. The maximum Gasteiger partial charge on any atom is 0.241 e. The molecule has 3 N–H and O–H groups in total. The maximum absolute atomic E-state index is 12.1. The Labute approximate surface area is 154 Å². The van der Waals surface area contributed by atoms with Crippen molar-refractivity contribution in [3.05, 3.63) is 48.5 Å². The lowest BCUT2D eigenvalue weighted by atomic mass is 9.87. The van der Waals surface area contributed by atoms with Gasteiger partial charge >= 0.3 is 0 Å². The molecule has 7 heteroatoms. The summed E-state index contributed by atoms with van der Waals surface area (Å²) in [4.78, 5) is 12.4. The van der Waals surface area contributed by atoms with Crippen LogP contribution in [0, 0.1) is 5.41 Å². The van der Waals surface area contributed by atoms with Crippen molar-refractivity contribution in [2.45, 2.75) is 31.7 Å². The third-order valence-electron chi connectivity index (χ3n) is 3.82. The molecule has 140 valence electrons. The predicted octanol–water partition coefficient (Wildman–Crippen LogP) is 3.19. The fraction of sp³-hybridized carbons (Fsp3) is 0.316. The quantitative estimate of drug-likeness (QED) is 0.835. The number of benzene rings is 2. The summed E-state index contributed by atoms with van der Waals surface area (Å²) in [5, 5.41) is 2.78. The molecule has 0 unspecified atom stereocenters. The van der Waals surface area contributed by atoms with E-state index in [2.05, 4.69) is 5.32 Å².